The average Bonchev–Trinajstić information content (AvgIpc) is 3.23. The molecule has 23 heavy (non-hydrogen) atoms. The lowest BCUT2D eigenvalue weighted by Crippen LogP contribution is -2.18. The van der Waals surface area contributed by atoms with E-state index < -0.39 is 0 Å². The Morgan fingerprint density at radius 1 is 1.39 bits per heavy atom. The van der Waals surface area contributed by atoms with Crippen LogP contribution in [0, 0.1) is 11.3 Å². The van der Waals surface area contributed by atoms with E-state index >= 15 is 0 Å². The predicted octanol–water partition coefficient (Wildman–Crippen LogP) is 3.20. The van der Waals surface area contributed by atoms with Gasteiger partial charge in [-0.25, -0.2) is 0 Å². The maximum atomic E-state index is 9.22. The Morgan fingerprint density at radius 2 is 2.22 bits per heavy atom. The number of rotatable bonds is 6. The second kappa shape index (κ2) is 7.16. The molecule has 3 rings (SSSR count). The summed E-state index contributed by atoms with van der Waals surface area (Å²) in [5.41, 5.74) is 1.06. The average molecular weight is 313 g/mol. The van der Waals surface area contributed by atoms with E-state index in [1.165, 1.54) is 0 Å². The van der Waals surface area contributed by atoms with Gasteiger partial charge in [0.15, 0.2) is 0 Å². The Kier molecular flexibility index (Phi) is 4.79. The van der Waals surface area contributed by atoms with E-state index in [9.17, 15) is 5.26 Å². The number of nitriles is 1. The summed E-state index contributed by atoms with van der Waals surface area (Å²) in [5, 5.41) is 12.3. The monoisotopic (exact) mass is 313 g/mol. The highest BCUT2D eigenvalue weighted by molar-refractivity contribution is 5.59. The smallest absolute Gasteiger partial charge is 0.232 e. The Hall–Kier alpha value is -2.52. The molecule has 6 nitrogen and oxygen atoms in total. The first kappa shape index (κ1) is 15.4. The fourth-order valence-corrected chi connectivity index (χ4v) is 2.51. The van der Waals surface area contributed by atoms with Crippen LogP contribution in [0.5, 0.6) is 5.75 Å². The second-order valence-corrected chi connectivity index (χ2v) is 5.28. The van der Waals surface area contributed by atoms with Crippen molar-refractivity contribution < 1.29 is 13.9 Å². The van der Waals surface area contributed by atoms with E-state index in [0.717, 1.165) is 30.8 Å². The van der Waals surface area contributed by atoms with Crippen molar-refractivity contribution in [1.82, 2.24) is 4.98 Å². The first-order chi connectivity index (χ1) is 11.3. The van der Waals surface area contributed by atoms with Gasteiger partial charge >= 0.3 is 0 Å². The van der Waals surface area contributed by atoms with E-state index in [2.05, 4.69) is 16.4 Å². The lowest BCUT2D eigenvalue weighted by molar-refractivity contribution is 0.120. The van der Waals surface area contributed by atoms with Gasteiger partial charge < -0.3 is 19.2 Å². The summed E-state index contributed by atoms with van der Waals surface area (Å²) >= 11 is 0. The van der Waals surface area contributed by atoms with E-state index in [0.29, 0.717) is 24.9 Å². The van der Waals surface area contributed by atoms with Crippen molar-refractivity contribution in [2.75, 3.05) is 25.1 Å². The molecule has 1 aliphatic rings. The van der Waals surface area contributed by atoms with Crippen molar-refractivity contribution in [1.29, 1.82) is 5.26 Å². The topological polar surface area (TPSA) is 80.3 Å². The Bertz CT molecular complexity index is 682. The first-order valence-corrected chi connectivity index (χ1v) is 7.79. The quantitative estimate of drug-likeness (QED) is 0.882. The SMILES string of the molecule is CCOc1ccc(-c2nc(C#N)c(NC[C@H]3CCCO3)o2)cc1. The van der Waals surface area contributed by atoms with Crippen LogP contribution in [-0.4, -0.2) is 30.8 Å². The Labute approximate surface area is 135 Å². The zero-order valence-electron chi connectivity index (χ0n) is 13.0. The fourth-order valence-electron chi connectivity index (χ4n) is 2.51. The van der Waals surface area contributed by atoms with Crippen molar-refractivity contribution >= 4 is 5.88 Å². The maximum Gasteiger partial charge on any atom is 0.232 e. The molecule has 1 saturated heterocycles. The molecule has 1 aliphatic heterocycles. The molecule has 1 N–H and O–H groups in total. The minimum Gasteiger partial charge on any atom is -0.494 e. The van der Waals surface area contributed by atoms with Gasteiger partial charge in [-0.3, -0.25) is 0 Å². The van der Waals surface area contributed by atoms with Crippen LogP contribution in [0.4, 0.5) is 5.88 Å². The van der Waals surface area contributed by atoms with Gasteiger partial charge in [-0.2, -0.15) is 10.2 Å². The van der Waals surface area contributed by atoms with Crippen LogP contribution in [-0.2, 0) is 4.74 Å². The fraction of sp³-hybridized carbons (Fsp3) is 0.412. The van der Waals surface area contributed by atoms with Crippen molar-refractivity contribution in [2.45, 2.75) is 25.9 Å². The third-order valence-corrected chi connectivity index (χ3v) is 3.66. The van der Waals surface area contributed by atoms with Gasteiger partial charge in [0.25, 0.3) is 0 Å². The lowest BCUT2D eigenvalue weighted by atomic mass is 10.2. The van der Waals surface area contributed by atoms with Gasteiger partial charge in [0, 0.05) is 18.7 Å². The first-order valence-electron chi connectivity index (χ1n) is 7.79. The van der Waals surface area contributed by atoms with Crippen molar-refractivity contribution in [3.63, 3.8) is 0 Å². The van der Waals surface area contributed by atoms with Crippen LogP contribution < -0.4 is 10.1 Å². The number of anilines is 1. The molecule has 2 aromatic rings. The minimum atomic E-state index is 0.167. The molecule has 0 saturated carbocycles. The molecular weight excluding hydrogens is 294 g/mol. The molecule has 2 heterocycles. The largest absolute Gasteiger partial charge is 0.494 e. The zero-order valence-corrected chi connectivity index (χ0v) is 13.0. The molecule has 120 valence electrons. The van der Waals surface area contributed by atoms with Crippen molar-refractivity contribution in [3.05, 3.63) is 30.0 Å². The zero-order chi connectivity index (χ0) is 16.1. The standard InChI is InChI=1S/C17H19N3O3/c1-2-21-13-7-5-12(6-8-13)16-20-15(10-18)17(23-16)19-11-14-4-3-9-22-14/h5-8,14,19H,2-4,9,11H2,1H3/t14-/m1/s1. The van der Waals surface area contributed by atoms with Crippen molar-refractivity contribution in [3.8, 4) is 23.3 Å². The van der Waals surface area contributed by atoms with Crippen LogP contribution in [0.2, 0.25) is 0 Å². The molecule has 0 amide bonds. The minimum absolute atomic E-state index is 0.167. The summed E-state index contributed by atoms with van der Waals surface area (Å²) in [6, 6.07) is 9.50. The van der Waals surface area contributed by atoms with Gasteiger partial charge in [-0.05, 0) is 44.0 Å². The molecule has 0 radical (unpaired) electrons. The highest BCUT2D eigenvalue weighted by Gasteiger charge is 2.19. The number of nitrogens with one attached hydrogen (secondary N) is 1. The van der Waals surface area contributed by atoms with Gasteiger partial charge in [-0.1, -0.05) is 0 Å². The van der Waals surface area contributed by atoms with Crippen LogP contribution in [0.1, 0.15) is 25.5 Å². The lowest BCUT2D eigenvalue weighted by Gasteiger charge is -2.09. The molecule has 1 aromatic carbocycles. The molecule has 0 unspecified atom stereocenters. The molecule has 0 spiro atoms. The molecule has 0 bridgehead atoms. The number of nitrogens with zero attached hydrogens (tertiary/aromatic N) is 2. The number of oxazole rings is 1. The van der Waals surface area contributed by atoms with Crippen LogP contribution >= 0.6 is 0 Å². The summed E-state index contributed by atoms with van der Waals surface area (Å²) in [6.45, 7) is 3.97. The van der Waals surface area contributed by atoms with E-state index in [1.807, 2.05) is 31.2 Å². The molecule has 1 aromatic heterocycles. The van der Waals surface area contributed by atoms with E-state index in [4.69, 9.17) is 13.9 Å². The molecule has 1 atom stereocenters. The summed E-state index contributed by atoms with van der Waals surface area (Å²) in [6.07, 6.45) is 2.26. The highest BCUT2D eigenvalue weighted by atomic mass is 16.5. The Balaban J connectivity index is 1.73. The number of ether oxygens (including phenoxy) is 2. The normalized spacial score (nSPS) is 17.0. The van der Waals surface area contributed by atoms with Crippen LogP contribution in [0.3, 0.4) is 0 Å². The summed E-state index contributed by atoms with van der Waals surface area (Å²) in [5.74, 6) is 1.60. The van der Waals surface area contributed by atoms with E-state index in [1.54, 1.807) is 0 Å². The third kappa shape index (κ3) is 3.63. The summed E-state index contributed by atoms with van der Waals surface area (Å²) in [7, 11) is 0. The number of aromatic nitrogens is 1. The van der Waals surface area contributed by atoms with Crippen LogP contribution in [0.15, 0.2) is 28.7 Å². The molecule has 1 fully saturated rings. The number of hydrogen-bond acceptors (Lipinski definition) is 6. The maximum absolute atomic E-state index is 9.22. The van der Waals surface area contributed by atoms with Gasteiger partial charge in [0.2, 0.25) is 17.5 Å². The van der Waals surface area contributed by atoms with Crippen molar-refractivity contribution in [2.24, 2.45) is 0 Å². The molecule has 6 heteroatoms. The summed E-state index contributed by atoms with van der Waals surface area (Å²) < 4.78 is 16.7. The number of benzene rings is 1. The predicted molar refractivity (Wildman–Crippen MR) is 85.3 cm³/mol. The van der Waals surface area contributed by atoms with Gasteiger partial charge in [0.1, 0.15) is 11.8 Å². The summed E-state index contributed by atoms with van der Waals surface area (Å²) in [4.78, 5) is 4.25. The van der Waals surface area contributed by atoms with Gasteiger partial charge in [-0.15, -0.1) is 0 Å². The van der Waals surface area contributed by atoms with E-state index in [-0.39, 0.29) is 11.8 Å². The second-order valence-electron chi connectivity index (χ2n) is 5.28. The Morgan fingerprint density at radius 3 is 2.87 bits per heavy atom. The molecular formula is C17H19N3O3. The van der Waals surface area contributed by atoms with Gasteiger partial charge in [0.05, 0.1) is 12.7 Å². The van der Waals surface area contributed by atoms with Crippen LogP contribution in [0.25, 0.3) is 11.5 Å². The molecule has 0 aliphatic carbocycles. The third-order valence-electron chi connectivity index (χ3n) is 3.66. The number of hydrogen-bond donors (Lipinski definition) is 1. The highest BCUT2D eigenvalue weighted by Crippen LogP contribution is 2.27.